The van der Waals surface area contributed by atoms with Crippen molar-refractivity contribution < 1.29 is 14.1 Å². The highest BCUT2D eigenvalue weighted by Gasteiger charge is 2.29. The fourth-order valence-corrected chi connectivity index (χ4v) is 3.11. The van der Waals surface area contributed by atoms with Gasteiger partial charge in [-0.25, -0.2) is 0 Å². The van der Waals surface area contributed by atoms with E-state index in [0.29, 0.717) is 24.5 Å². The predicted molar refractivity (Wildman–Crippen MR) is 91.2 cm³/mol. The first-order chi connectivity index (χ1) is 12.0. The number of carbonyl (C=O) groups is 2. The van der Waals surface area contributed by atoms with Gasteiger partial charge >= 0.3 is 0 Å². The molecule has 0 radical (unpaired) electrons. The van der Waals surface area contributed by atoms with Crippen LogP contribution in [-0.2, 0) is 16.1 Å². The molecule has 2 aromatic heterocycles. The molecular weight excluding hydrogens is 320 g/mol. The molecule has 7 nitrogen and oxygen atoms in total. The molecule has 3 heterocycles. The monoisotopic (exact) mass is 342 g/mol. The summed E-state index contributed by atoms with van der Waals surface area (Å²) in [5.74, 6) is 0.508. The highest BCUT2D eigenvalue weighted by atomic mass is 16.5. The van der Waals surface area contributed by atoms with Crippen LogP contribution in [0.3, 0.4) is 0 Å². The fraction of sp³-hybridized carbons (Fsp3) is 0.444. The first kappa shape index (κ1) is 17.1. The number of aromatic nitrogens is 2. The lowest BCUT2D eigenvalue weighted by Gasteiger charge is -2.33. The molecule has 0 saturated carbocycles. The summed E-state index contributed by atoms with van der Waals surface area (Å²) >= 11 is 0. The van der Waals surface area contributed by atoms with Crippen molar-refractivity contribution in [1.29, 1.82) is 0 Å². The molecule has 0 aliphatic carbocycles. The largest absolute Gasteiger partial charge is 0.359 e. The van der Waals surface area contributed by atoms with Crippen LogP contribution in [0, 0.1) is 5.92 Å². The summed E-state index contributed by atoms with van der Waals surface area (Å²) in [6, 6.07) is 7.38. The third kappa shape index (κ3) is 4.04. The zero-order chi connectivity index (χ0) is 17.8. The maximum absolute atomic E-state index is 12.7. The van der Waals surface area contributed by atoms with Crippen LogP contribution in [0.15, 0.2) is 35.0 Å². The van der Waals surface area contributed by atoms with Gasteiger partial charge < -0.3 is 14.3 Å². The van der Waals surface area contributed by atoms with Gasteiger partial charge in [-0.1, -0.05) is 11.2 Å². The smallest absolute Gasteiger partial charge is 0.227 e. The van der Waals surface area contributed by atoms with Crippen molar-refractivity contribution >= 4 is 11.8 Å². The van der Waals surface area contributed by atoms with Crippen LogP contribution in [-0.4, -0.2) is 51.9 Å². The molecule has 1 aliphatic rings. The van der Waals surface area contributed by atoms with Gasteiger partial charge in [-0.3, -0.25) is 14.6 Å². The summed E-state index contributed by atoms with van der Waals surface area (Å²) in [5, 5.41) is 4.02. The number of likely N-dealkylation sites (tertiary alicyclic amines) is 1. The van der Waals surface area contributed by atoms with Crippen molar-refractivity contribution in [2.24, 2.45) is 5.92 Å². The third-order valence-electron chi connectivity index (χ3n) is 4.47. The highest BCUT2D eigenvalue weighted by Crippen LogP contribution is 2.21. The van der Waals surface area contributed by atoms with E-state index >= 15 is 0 Å². The van der Waals surface area contributed by atoms with Gasteiger partial charge in [-0.05, 0) is 25.0 Å². The van der Waals surface area contributed by atoms with E-state index in [9.17, 15) is 9.59 Å². The minimum atomic E-state index is -0.152. The van der Waals surface area contributed by atoms with E-state index in [4.69, 9.17) is 4.52 Å². The van der Waals surface area contributed by atoms with E-state index in [2.05, 4.69) is 10.1 Å². The van der Waals surface area contributed by atoms with Crippen LogP contribution >= 0.6 is 0 Å². The Morgan fingerprint density at radius 2 is 2.20 bits per heavy atom. The Balaban J connectivity index is 1.62. The Bertz CT molecular complexity index is 744. The lowest BCUT2D eigenvalue weighted by Crippen LogP contribution is -2.45. The van der Waals surface area contributed by atoms with E-state index in [1.165, 1.54) is 0 Å². The van der Waals surface area contributed by atoms with E-state index in [1.807, 2.05) is 18.2 Å². The molecule has 0 aromatic carbocycles. The van der Waals surface area contributed by atoms with E-state index in [1.54, 1.807) is 36.0 Å². The Kier molecular flexibility index (Phi) is 5.11. The third-order valence-corrected chi connectivity index (χ3v) is 4.47. The van der Waals surface area contributed by atoms with Crippen LogP contribution in [0.4, 0.5) is 0 Å². The summed E-state index contributed by atoms with van der Waals surface area (Å²) < 4.78 is 5.34. The first-order valence-electron chi connectivity index (χ1n) is 8.42. The zero-order valence-electron chi connectivity index (χ0n) is 14.5. The number of hydrogen-bond acceptors (Lipinski definition) is 5. The van der Waals surface area contributed by atoms with E-state index in [0.717, 1.165) is 25.1 Å². The van der Waals surface area contributed by atoms with Gasteiger partial charge in [0.25, 0.3) is 0 Å². The number of piperidine rings is 1. The Labute approximate surface area is 146 Å². The molecule has 0 unspecified atom stereocenters. The summed E-state index contributed by atoms with van der Waals surface area (Å²) in [7, 11) is 1.75. The molecule has 3 rings (SSSR count). The molecule has 1 saturated heterocycles. The van der Waals surface area contributed by atoms with Crippen molar-refractivity contribution in [2.45, 2.75) is 26.3 Å². The minimum Gasteiger partial charge on any atom is -0.359 e. The van der Waals surface area contributed by atoms with Crippen molar-refractivity contribution in [1.82, 2.24) is 19.9 Å². The second-order valence-corrected chi connectivity index (χ2v) is 6.39. The average Bonchev–Trinajstić information content (AvgIpc) is 3.10. The minimum absolute atomic E-state index is 0.0235. The van der Waals surface area contributed by atoms with Gasteiger partial charge in [0.05, 0.1) is 18.2 Å². The Morgan fingerprint density at radius 3 is 2.92 bits per heavy atom. The second-order valence-electron chi connectivity index (χ2n) is 6.39. The lowest BCUT2D eigenvalue weighted by molar-refractivity contribution is -0.139. The normalized spacial score (nSPS) is 17.4. The van der Waals surface area contributed by atoms with Crippen LogP contribution in [0.1, 0.15) is 25.5 Å². The fourth-order valence-electron chi connectivity index (χ4n) is 3.11. The zero-order valence-corrected chi connectivity index (χ0v) is 14.5. The summed E-state index contributed by atoms with van der Waals surface area (Å²) in [6.07, 6.45) is 3.36. The first-order valence-corrected chi connectivity index (χ1v) is 8.42. The molecule has 1 aliphatic heterocycles. The van der Waals surface area contributed by atoms with E-state index < -0.39 is 0 Å². The van der Waals surface area contributed by atoms with Crippen LogP contribution in [0.5, 0.6) is 0 Å². The van der Waals surface area contributed by atoms with Crippen molar-refractivity contribution in [3.8, 4) is 11.4 Å². The van der Waals surface area contributed by atoms with Gasteiger partial charge in [-0.2, -0.15) is 0 Å². The van der Waals surface area contributed by atoms with Gasteiger partial charge in [0.1, 0.15) is 5.69 Å². The SMILES string of the molecule is CC(=O)N1CCC[C@@H](C(=O)N(C)Cc2cc(-c3ccccn3)no2)C1. The van der Waals surface area contributed by atoms with Crippen molar-refractivity contribution in [3.63, 3.8) is 0 Å². The Hall–Kier alpha value is -2.70. The van der Waals surface area contributed by atoms with Gasteiger partial charge in [0, 0.05) is 39.3 Å². The van der Waals surface area contributed by atoms with Crippen LogP contribution in [0.25, 0.3) is 11.4 Å². The maximum atomic E-state index is 12.7. The lowest BCUT2D eigenvalue weighted by atomic mass is 9.96. The molecule has 2 amide bonds. The van der Waals surface area contributed by atoms with Gasteiger partial charge in [-0.15, -0.1) is 0 Å². The maximum Gasteiger partial charge on any atom is 0.227 e. The number of carbonyl (C=O) groups excluding carboxylic acids is 2. The van der Waals surface area contributed by atoms with Gasteiger partial charge in [0.2, 0.25) is 11.8 Å². The quantitative estimate of drug-likeness (QED) is 0.848. The Morgan fingerprint density at radius 1 is 1.36 bits per heavy atom. The predicted octanol–water partition coefficient (Wildman–Crippen LogP) is 1.95. The number of pyridine rings is 1. The van der Waals surface area contributed by atoms with Crippen molar-refractivity contribution in [2.75, 3.05) is 20.1 Å². The summed E-state index contributed by atoms with van der Waals surface area (Å²) in [5.41, 5.74) is 1.38. The van der Waals surface area contributed by atoms with Crippen molar-refractivity contribution in [3.05, 3.63) is 36.2 Å². The number of rotatable bonds is 4. The highest BCUT2D eigenvalue weighted by molar-refractivity contribution is 5.80. The second kappa shape index (κ2) is 7.46. The number of amides is 2. The topological polar surface area (TPSA) is 79.5 Å². The standard InChI is InChI=1S/C18H22N4O3/c1-13(23)22-9-5-6-14(11-22)18(24)21(2)12-15-10-17(20-25-15)16-7-3-4-8-19-16/h3-4,7-8,10,14H,5-6,9,11-12H2,1-2H3/t14-/m1/s1. The molecule has 0 N–H and O–H groups in total. The molecular formula is C18H22N4O3. The molecule has 0 bridgehead atoms. The molecule has 132 valence electrons. The number of hydrogen-bond donors (Lipinski definition) is 0. The van der Waals surface area contributed by atoms with Crippen LogP contribution in [0.2, 0.25) is 0 Å². The van der Waals surface area contributed by atoms with E-state index in [-0.39, 0.29) is 17.7 Å². The summed E-state index contributed by atoms with van der Waals surface area (Å²) in [6.45, 7) is 3.12. The van der Waals surface area contributed by atoms with Gasteiger partial charge in [0.15, 0.2) is 5.76 Å². The summed E-state index contributed by atoms with van der Waals surface area (Å²) in [4.78, 5) is 31.8. The van der Waals surface area contributed by atoms with Crippen LogP contribution < -0.4 is 0 Å². The molecule has 1 fully saturated rings. The molecule has 0 spiro atoms. The molecule has 25 heavy (non-hydrogen) atoms. The molecule has 1 atom stereocenters. The molecule has 2 aromatic rings. The molecule has 7 heteroatoms. The average molecular weight is 342 g/mol. The number of nitrogens with zero attached hydrogens (tertiary/aromatic N) is 4.